The molecule has 0 saturated heterocycles. The number of nitrogens with one attached hydrogen (secondary N) is 1. The molecule has 1 N–H and O–H groups in total. The summed E-state index contributed by atoms with van der Waals surface area (Å²) in [5, 5.41) is 14.0. The van der Waals surface area contributed by atoms with Crippen LogP contribution < -0.4 is 5.32 Å². The van der Waals surface area contributed by atoms with Gasteiger partial charge in [0.25, 0.3) is 0 Å². The first-order valence-corrected chi connectivity index (χ1v) is 9.18. The molecule has 0 fully saturated rings. The lowest BCUT2D eigenvalue weighted by Crippen LogP contribution is -2.23. The van der Waals surface area contributed by atoms with Crippen LogP contribution in [0.15, 0.2) is 39.5 Å². The number of thiazole rings is 1. The van der Waals surface area contributed by atoms with E-state index >= 15 is 0 Å². The van der Waals surface area contributed by atoms with Crippen LogP contribution in [0.2, 0.25) is 0 Å². The van der Waals surface area contributed by atoms with Crippen molar-refractivity contribution in [3.8, 4) is 11.6 Å². The fourth-order valence-electron chi connectivity index (χ4n) is 2.10. The van der Waals surface area contributed by atoms with E-state index in [-0.39, 0.29) is 17.2 Å². The molecular formula is C15H17N5O2S2. The fraction of sp³-hybridized carbons (Fsp3) is 0.333. The number of hydrogen-bond donors (Lipinski definition) is 1. The average Bonchev–Trinajstić information content (AvgIpc) is 3.28. The van der Waals surface area contributed by atoms with Crippen LogP contribution in [0.1, 0.15) is 26.8 Å². The number of anilines is 1. The van der Waals surface area contributed by atoms with E-state index in [9.17, 15) is 4.79 Å². The molecule has 0 radical (unpaired) electrons. The summed E-state index contributed by atoms with van der Waals surface area (Å²) in [7, 11) is 0. The van der Waals surface area contributed by atoms with E-state index in [1.807, 2.05) is 42.9 Å². The number of aromatic nitrogens is 4. The van der Waals surface area contributed by atoms with Crippen LogP contribution in [-0.2, 0) is 4.79 Å². The molecule has 3 aromatic rings. The Kier molecular flexibility index (Phi) is 5.00. The number of thioether (sulfide) groups is 1. The first-order valence-electron chi connectivity index (χ1n) is 7.42. The molecular weight excluding hydrogens is 346 g/mol. The van der Waals surface area contributed by atoms with E-state index in [1.54, 1.807) is 12.5 Å². The standard InChI is InChI=1S/C15H17N5O2S2/c1-9(2)20-12(11-5-4-7-22-11)18-19-15(20)24-10(3)13(21)17-14-16-6-8-23-14/h4-10H,1-3H3,(H,16,17,21). The van der Waals surface area contributed by atoms with Gasteiger partial charge >= 0.3 is 0 Å². The molecule has 126 valence electrons. The monoisotopic (exact) mass is 363 g/mol. The number of rotatable bonds is 6. The second-order valence-electron chi connectivity index (χ2n) is 5.33. The van der Waals surface area contributed by atoms with E-state index in [4.69, 9.17) is 4.42 Å². The van der Waals surface area contributed by atoms with E-state index < -0.39 is 0 Å². The van der Waals surface area contributed by atoms with Gasteiger partial charge in [0, 0.05) is 17.6 Å². The summed E-state index contributed by atoms with van der Waals surface area (Å²) in [5.74, 6) is 1.20. The summed E-state index contributed by atoms with van der Waals surface area (Å²) < 4.78 is 7.40. The zero-order chi connectivity index (χ0) is 17.1. The van der Waals surface area contributed by atoms with Crippen molar-refractivity contribution in [1.29, 1.82) is 0 Å². The Hall–Kier alpha value is -2.13. The van der Waals surface area contributed by atoms with Gasteiger partial charge in [0.05, 0.1) is 11.5 Å². The number of hydrogen-bond acceptors (Lipinski definition) is 7. The van der Waals surface area contributed by atoms with Crippen molar-refractivity contribution in [3.05, 3.63) is 30.0 Å². The maximum absolute atomic E-state index is 12.3. The molecule has 0 bridgehead atoms. The van der Waals surface area contributed by atoms with Gasteiger partial charge in [-0.25, -0.2) is 4.98 Å². The number of furan rings is 1. The van der Waals surface area contributed by atoms with Crippen LogP contribution in [0.5, 0.6) is 0 Å². The molecule has 24 heavy (non-hydrogen) atoms. The van der Waals surface area contributed by atoms with Gasteiger partial charge in [-0.1, -0.05) is 11.8 Å². The van der Waals surface area contributed by atoms with E-state index in [0.29, 0.717) is 21.9 Å². The minimum absolute atomic E-state index is 0.118. The Morgan fingerprint density at radius 3 is 2.83 bits per heavy atom. The smallest absolute Gasteiger partial charge is 0.239 e. The minimum Gasteiger partial charge on any atom is -0.461 e. The molecule has 0 spiro atoms. The highest BCUT2D eigenvalue weighted by molar-refractivity contribution is 8.00. The van der Waals surface area contributed by atoms with Crippen molar-refractivity contribution in [2.45, 2.75) is 37.2 Å². The second kappa shape index (κ2) is 7.18. The normalized spacial score (nSPS) is 12.5. The molecule has 1 amide bonds. The summed E-state index contributed by atoms with van der Waals surface area (Å²) in [6, 6.07) is 3.79. The van der Waals surface area contributed by atoms with Crippen molar-refractivity contribution >= 4 is 34.1 Å². The quantitative estimate of drug-likeness (QED) is 0.672. The largest absolute Gasteiger partial charge is 0.461 e. The number of carbonyl (C=O) groups excluding carboxylic acids is 1. The Morgan fingerprint density at radius 2 is 2.21 bits per heavy atom. The highest BCUT2D eigenvalue weighted by Crippen LogP contribution is 2.30. The summed E-state index contributed by atoms with van der Waals surface area (Å²) >= 11 is 2.75. The predicted molar refractivity (Wildman–Crippen MR) is 94.2 cm³/mol. The Bertz CT molecular complexity index is 796. The Morgan fingerprint density at radius 1 is 1.38 bits per heavy atom. The SMILES string of the molecule is CC(Sc1nnc(-c2ccco2)n1C(C)C)C(=O)Nc1nccs1. The molecule has 0 saturated carbocycles. The summed E-state index contributed by atoms with van der Waals surface area (Å²) in [6.07, 6.45) is 3.26. The van der Waals surface area contributed by atoms with Gasteiger partial charge in [0.2, 0.25) is 11.7 Å². The van der Waals surface area contributed by atoms with Crippen molar-refractivity contribution < 1.29 is 9.21 Å². The van der Waals surface area contributed by atoms with Gasteiger partial charge < -0.3 is 9.73 Å². The maximum Gasteiger partial charge on any atom is 0.239 e. The summed E-state index contributed by atoms with van der Waals surface area (Å²) in [4.78, 5) is 16.4. The van der Waals surface area contributed by atoms with Crippen LogP contribution in [-0.4, -0.2) is 30.9 Å². The van der Waals surface area contributed by atoms with Gasteiger partial charge in [0.15, 0.2) is 16.0 Å². The highest BCUT2D eigenvalue weighted by Gasteiger charge is 2.23. The average molecular weight is 363 g/mol. The van der Waals surface area contributed by atoms with Gasteiger partial charge in [-0.2, -0.15) is 0 Å². The highest BCUT2D eigenvalue weighted by atomic mass is 32.2. The lowest BCUT2D eigenvalue weighted by molar-refractivity contribution is -0.115. The number of nitrogens with zero attached hydrogens (tertiary/aromatic N) is 4. The molecule has 1 unspecified atom stereocenters. The van der Waals surface area contributed by atoms with Gasteiger partial charge in [0.1, 0.15) is 0 Å². The molecule has 1 atom stereocenters. The van der Waals surface area contributed by atoms with Gasteiger partial charge in [-0.05, 0) is 32.9 Å². The molecule has 7 nitrogen and oxygen atoms in total. The lowest BCUT2D eigenvalue weighted by atomic mass is 10.3. The molecule has 9 heteroatoms. The molecule has 3 heterocycles. The molecule has 0 aliphatic heterocycles. The van der Waals surface area contributed by atoms with Crippen LogP contribution in [0.3, 0.4) is 0 Å². The number of amides is 1. The first-order chi connectivity index (χ1) is 11.6. The predicted octanol–water partition coefficient (Wildman–Crippen LogP) is 3.69. The zero-order valence-corrected chi connectivity index (χ0v) is 15.1. The third kappa shape index (κ3) is 3.51. The molecule has 0 aliphatic rings. The van der Waals surface area contributed by atoms with Crippen molar-refractivity contribution in [2.75, 3.05) is 5.32 Å². The van der Waals surface area contributed by atoms with Crippen LogP contribution >= 0.6 is 23.1 Å². The van der Waals surface area contributed by atoms with E-state index in [0.717, 1.165) is 0 Å². The van der Waals surface area contributed by atoms with Gasteiger partial charge in [-0.3, -0.25) is 9.36 Å². The molecule has 0 aromatic carbocycles. The summed E-state index contributed by atoms with van der Waals surface area (Å²) in [5.41, 5.74) is 0. The maximum atomic E-state index is 12.3. The summed E-state index contributed by atoms with van der Waals surface area (Å²) in [6.45, 7) is 5.92. The third-order valence-electron chi connectivity index (χ3n) is 3.24. The first kappa shape index (κ1) is 16.7. The molecule has 0 aliphatic carbocycles. The van der Waals surface area contributed by atoms with Gasteiger partial charge in [-0.15, -0.1) is 21.5 Å². The Labute approximate surface area is 147 Å². The van der Waals surface area contributed by atoms with Crippen LogP contribution in [0.4, 0.5) is 5.13 Å². The van der Waals surface area contributed by atoms with Crippen molar-refractivity contribution in [3.63, 3.8) is 0 Å². The zero-order valence-electron chi connectivity index (χ0n) is 13.5. The lowest BCUT2D eigenvalue weighted by Gasteiger charge is -2.15. The van der Waals surface area contributed by atoms with Crippen molar-refractivity contribution in [1.82, 2.24) is 19.7 Å². The van der Waals surface area contributed by atoms with Crippen LogP contribution in [0.25, 0.3) is 11.6 Å². The fourth-order valence-corrected chi connectivity index (χ4v) is 3.61. The topological polar surface area (TPSA) is 85.8 Å². The number of carbonyl (C=O) groups is 1. The molecule has 3 aromatic heterocycles. The van der Waals surface area contributed by atoms with E-state index in [2.05, 4.69) is 20.5 Å². The Balaban J connectivity index is 1.78. The third-order valence-corrected chi connectivity index (χ3v) is 4.98. The molecule has 3 rings (SSSR count). The minimum atomic E-state index is -0.333. The van der Waals surface area contributed by atoms with Crippen LogP contribution in [0, 0.1) is 0 Å². The van der Waals surface area contributed by atoms with Crippen molar-refractivity contribution in [2.24, 2.45) is 0 Å². The van der Waals surface area contributed by atoms with E-state index in [1.165, 1.54) is 23.1 Å². The second-order valence-corrected chi connectivity index (χ2v) is 7.54.